The van der Waals surface area contributed by atoms with Crippen LogP contribution in [0.25, 0.3) is 0 Å². The van der Waals surface area contributed by atoms with Crippen LogP contribution in [0.4, 0.5) is 0 Å². The number of benzene rings is 1. The number of rotatable bonds is 7. The molecule has 0 saturated heterocycles. The van der Waals surface area contributed by atoms with E-state index in [2.05, 4.69) is 10.3 Å². The van der Waals surface area contributed by atoms with Gasteiger partial charge in [-0.3, -0.25) is 4.79 Å². The van der Waals surface area contributed by atoms with E-state index in [1.807, 2.05) is 35.7 Å². The summed E-state index contributed by atoms with van der Waals surface area (Å²) in [4.78, 5) is 13.7. The Morgan fingerprint density at radius 1 is 1.28 bits per heavy atom. The Bertz CT molecular complexity index is 507. The van der Waals surface area contributed by atoms with Gasteiger partial charge in [0.2, 0.25) is 0 Å². The van der Waals surface area contributed by atoms with Crippen molar-refractivity contribution in [3.05, 3.63) is 51.1 Å². The first-order chi connectivity index (χ1) is 8.84. The number of nitrogens with one attached hydrogen (secondary N) is 2. The second-order valence-electron chi connectivity index (χ2n) is 3.87. The van der Waals surface area contributed by atoms with Crippen molar-refractivity contribution >= 4 is 11.3 Å². The highest BCUT2D eigenvalue weighted by molar-refractivity contribution is 7.07. The molecule has 0 aliphatic rings. The van der Waals surface area contributed by atoms with Crippen LogP contribution in [0, 0.1) is 0 Å². The van der Waals surface area contributed by atoms with E-state index in [4.69, 9.17) is 4.74 Å². The molecule has 1 heterocycles. The third kappa shape index (κ3) is 4.35. The van der Waals surface area contributed by atoms with Crippen LogP contribution in [0.3, 0.4) is 0 Å². The highest BCUT2D eigenvalue weighted by Gasteiger charge is 1.96. The molecule has 18 heavy (non-hydrogen) atoms. The van der Waals surface area contributed by atoms with E-state index < -0.39 is 0 Å². The smallest absolute Gasteiger partial charge is 0.304 e. The normalized spacial score (nSPS) is 10.4. The van der Waals surface area contributed by atoms with Crippen molar-refractivity contribution in [3.8, 4) is 5.75 Å². The zero-order valence-corrected chi connectivity index (χ0v) is 10.8. The molecule has 0 fully saturated rings. The average molecular weight is 264 g/mol. The Morgan fingerprint density at radius 2 is 2.11 bits per heavy atom. The minimum absolute atomic E-state index is 0.000731. The zero-order chi connectivity index (χ0) is 12.6. The van der Waals surface area contributed by atoms with Crippen LogP contribution in [0.5, 0.6) is 5.75 Å². The van der Waals surface area contributed by atoms with E-state index in [9.17, 15) is 4.79 Å². The summed E-state index contributed by atoms with van der Waals surface area (Å²) in [5, 5.41) is 5.10. The second-order valence-corrected chi connectivity index (χ2v) is 4.71. The molecular weight excluding hydrogens is 248 g/mol. The summed E-state index contributed by atoms with van der Waals surface area (Å²) < 4.78 is 5.57. The maximum atomic E-state index is 10.9. The van der Waals surface area contributed by atoms with E-state index in [0.29, 0.717) is 13.2 Å². The van der Waals surface area contributed by atoms with Crippen molar-refractivity contribution < 1.29 is 4.74 Å². The van der Waals surface area contributed by atoms with Gasteiger partial charge in [-0.15, -0.1) is 0 Å². The molecule has 5 heteroatoms. The minimum atomic E-state index is -0.000731. The second kappa shape index (κ2) is 6.98. The summed E-state index contributed by atoms with van der Waals surface area (Å²) in [5.74, 6) is 0.902. The zero-order valence-electron chi connectivity index (χ0n) is 10.0. The molecule has 0 aliphatic carbocycles. The van der Waals surface area contributed by atoms with Crippen LogP contribution in [0.2, 0.25) is 0 Å². The number of para-hydroxylation sites is 1. The van der Waals surface area contributed by atoms with Gasteiger partial charge in [0.05, 0.1) is 6.61 Å². The molecule has 0 aliphatic heterocycles. The van der Waals surface area contributed by atoms with E-state index in [1.165, 1.54) is 11.3 Å². The summed E-state index contributed by atoms with van der Waals surface area (Å²) in [7, 11) is 0. The lowest BCUT2D eigenvalue weighted by molar-refractivity contribution is 0.308. The SMILES string of the molecule is O=c1[nH]c(CNCCCOc2ccccc2)cs1. The fourth-order valence-corrected chi connectivity index (χ4v) is 2.11. The molecule has 0 bridgehead atoms. The summed E-state index contributed by atoms with van der Waals surface area (Å²) >= 11 is 1.19. The first kappa shape index (κ1) is 12.9. The fourth-order valence-electron chi connectivity index (χ4n) is 1.53. The Kier molecular flexibility index (Phi) is 4.99. The molecule has 0 unspecified atom stereocenters. The first-order valence-electron chi connectivity index (χ1n) is 5.90. The summed E-state index contributed by atoms with van der Waals surface area (Å²) in [6.45, 7) is 2.26. The van der Waals surface area contributed by atoms with Gasteiger partial charge in [-0.2, -0.15) is 0 Å². The molecule has 0 spiro atoms. The Morgan fingerprint density at radius 3 is 2.83 bits per heavy atom. The number of aromatic amines is 1. The van der Waals surface area contributed by atoms with Crippen molar-refractivity contribution in [2.24, 2.45) is 0 Å². The predicted octanol–water partition coefficient (Wildman–Crippen LogP) is 2.00. The molecular formula is C13H16N2O2S. The Labute approximate surface area is 110 Å². The lowest BCUT2D eigenvalue weighted by atomic mass is 10.3. The topological polar surface area (TPSA) is 54.1 Å². The molecule has 1 aromatic carbocycles. The van der Waals surface area contributed by atoms with Crippen LogP contribution in [0.1, 0.15) is 12.1 Å². The Hall–Kier alpha value is -1.59. The molecule has 2 aromatic rings. The maximum Gasteiger partial charge on any atom is 0.304 e. The fraction of sp³-hybridized carbons (Fsp3) is 0.308. The molecule has 0 atom stereocenters. The van der Waals surface area contributed by atoms with Crippen molar-refractivity contribution in [2.75, 3.05) is 13.2 Å². The molecule has 4 nitrogen and oxygen atoms in total. The summed E-state index contributed by atoms with van der Waals surface area (Å²) in [6, 6.07) is 9.78. The first-order valence-corrected chi connectivity index (χ1v) is 6.78. The largest absolute Gasteiger partial charge is 0.494 e. The number of aromatic nitrogens is 1. The standard InChI is InChI=1S/C13H16N2O2S/c16-13-15-11(10-18-13)9-14-7-4-8-17-12-5-2-1-3-6-12/h1-3,5-6,10,14H,4,7-9H2,(H,15,16). The number of hydrogen-bond acceptors (Lipinski definition) is 4. The van der Waals surface area contributed by atoms with Crippen LogP contribution in [0.15, 0.2) is 40.5 Å². The molecule has 0 saturated carbocycles. The molecule has 0 radical (unpaired) electrons. The van der Waals surface area contributed by atoms with Gasteiger partial charge in [-0.1, -0.05) is 29.5 Å². The van der Waals surface area contributed by atoms with Crippen molar-refractivity contribution in [1.29, 1.82) is 0 Å². The van der Waals surface area contributed by atoms with E-state index in [1.54, 1.807) is 0 Å². The van der Waals surface area contributed by atoms with Gasteiger partial charge in [0.15, 0.2) is 0 Å². The predicted molar refractivity (Wildman–Crippen MR) is 73.2 cm³/mol. The van der Waals surface area contributed by atoms with E-state index in [-0.39, 0.29) is 4.87 Å². The molecule has 96 valence electrons. The third-order valence-electron chi connectivity index (χ3n) is 2.40. The van der Waals surface area contributed by atoms with Crippen molar-refractivity contribution in [2.45, 2.75) is 13.0 Å². The molecule has 0 amide bonds. The summed E-state index contributed by atoms with van der Waals surface area (Å²) in [5.41, 5.74) is 0.939. The monoisotopic (exact) mass is 264 g/mol. The number of hydrogen-bond donors (Lipinski definition) is 2. The lowest BCUT2D eigenvalue weighted by Crippen LogP contribution is -2.17. The van der Waals surface area contributed by atoms with Gasteiger partial charge in [-0.25, -0.2) is 0 Å². The minimum Gasteiger partial charge on any atom is -0.494 e. The molecule has 2 rings (SSSR count). The van der Waals surface area contributed by atoms with E-state index in [0.717, 1.165) is 24.4 Å². The molecule has 2 N–H and O–H groups in total. The van der Waals surface area contributed by atoms with Gasteiger partial charge in [-0.05, 0) is 25.1 Å². The van der Waals surface area contributed by atoms with Crippen LogP contribution in [-0.4, -0.2) is 18.1 Å². The third-order valence-corrected chi connectivity index (χ3v) is 3.11. The maximum absolute atomic E-state index is 10.9. The highest BCUT2D eigenvalue weighted by Crippen LogP contribution is 2.08. The van der Waals surface area contributed by atoms with Crippen LogP contribution in [-0.2, 0) is 6.54 Å². The lowest BCUT2D eigenvalue weighted by Gasteiger charge is -2.06. The molecule has 1 aromatic heterocycles. The van der Waals surface area contributed by atoms with Gasteiger partial charge in [0.1, 0.15) is 5.75 Å². The highest BCUT2D eigenvalue weighted by atomic mass is 32.1. The quantitative estimate of drug-likeness (QED) is 0.752. The Balaban J connectivity index is 1.55. The van der Waals surface area contributed by atoms with Gasteiger partial charge in [0, 0.05) is 17.6 Å². The number of H-pyrrole nitrogens is 1. The van der Waals surface area contributed by atoms with Crippen molar-refractivity contribution in [1.82, 2.24) is 10.3 Å². The van der Waals surface area contributed by atoms with Crippen LogP contribution < -0.4 is 14.9 Å². The summed E-state index contributed by atoms with van der Waals surface area (Å²) in [6.07, 6.45) is 0.934. The van der Waals surface area contributed by atoms with Crippen LogP contribution >= 0.6 is 11.3 Å². The van der Waals surface area contributed by atoms with Gasteiger partial charge < -0.3 is 15.0 Å². The van der Waals surface area contributed by atoms with Crippen molar-refractivity contribution in [3.63, 3.8) is 0 Å². The average Bonchev–Trinajstić information content (AvgIpc) is 2.81. The van der Waals surface area contributed by atoms with E-state index >= 15 is 0 Å². The van der Waals surface area contributed by atoms with Gasteiger partial charge in [0.25, 0.3) is 0 Å². The van der Waals surface area contributed by atoms with Gasteiger partial charge >= 0.3 is 4.87 Å². The number of thiazole rings is 1. The number of ether oxygens (including phenoxy) is 1.